The fourth-order valence-corrected chi connectivity index (χ4v) is 3.18. The topological polar surface area (TPSA) is 30.3 Å². The Labute approximate surface area is 99.8 Å². The Balaban J connectivity index is 2.00. The minimum Gasteiger partial charge on any atom is -0.324 e. The van der Waals surface area contributed by atoms with Gasteiger partial charge in [-0.25, -0.2) is 4.98 Å². The second-order valence-corrected chi connectivity index (χ2v) is 5.35. The second-order valence-electron chi connectivity index (χ2n) is 5.35. The summed E-state index contributed by atoms with van der Waals surface area (Å²) in [7, 11) is 2.00. The van der Waals surface area contributed by atoms with E-state index in [4.69, 9.17) is 9.82 Å². The molecular weight excluding hydrogens is 214 g/mol. The summed E-state index contributed by atoms with van der Waals surface area (Å²) in [6, 6.07) is 8.63. The molecule has 0 saturated carbocycles. The van der Waals surface area contributed by atoms with Gasteiger partial charge in [0.05, 0.1) is 23.6 Å². The van der Waals surface area contributed by atoms with Gasteiger partial charge in [0.25, 0.3) is 0 Å². The molecule has 0 amide bonds. The molecule has 2 atom stereocenters. The van der Waals surface area contributed by atoms with Gasteiger partial charge < -0.3 is 4.57 Å². The van der Waals surface area contributed by atoms with Crippen molar-refractivity contribution in [3.8, 4) is 0 Å². The predicted molar refractivity (Wildman–Crippen MR) is 64.3 cm³/mol. The molecule has 1 saturated heterocycles. The molecule has 4 nitrogen and oxygen atoms in total. The average Bonchev–Trinajstić information content (AvgIpc) is 2.77. The maximum atomic E-state index is 5.93. The van der Waals surface area contributed by atoms with Crippen LogP contribution in [0.4, 0.5) is 0 Å². The van der Waals surface area contributed by atoms with E-state index in [-0.39, 0.29) is 5.60 Å². The Morgan fingerprint density at radius 2 is 2.24 bits per heavy atom. The summed E-state index contributed by atoms with van der Waals surface area (Å²) in [6.07, 6.45) is 1.03. The number of hydrogen-bond acceptors (Lipinski definition) is 3. The van der Waals surface area contributed by atoms with Gasteiger partial charge >= 0.3 is 0 Å². The Kier molecular flexibility index (Phi) is 1.63. The van der Waals surface area contributed by atoms with E-state index >= 15 is 0 Å². The molecule has 2 aromatic rings. The maximum absolute atomic E-state index is 5.93. The molecule has 1 fully saturated rings. The lowest BCUT2D eigenvalue weighted by molar-refractivity contribution is -0.181. The van der Waals surface area contributed by atoms with Gasteiger partial charge in [0, 0.05) is 13.5 Å². The van der Waals surface area contributed by atoms with Crippen LogP contribution < -0.4 is 0 Å². The lowest BCUT2D eigenvalue weighted by atomic mass is 9.94. The molecule has 0 unspecified atom stereocenters. The van der Waals surface area contributed by atoms with Gasteiger partial charge in [-0.2, -0.15) is 5.06 Å². The van der Waals surface area contributed by atoms with Gasteiger partial charge in [0.1, 0.15) is 11.4 Å². The number of imidazole rings is 1. The van der Waals surface area contributed by atoms with Gasteiger partial charge in [0.15, 0.2) is 0 Å². The van der Waals surface area contributed by atoms with Crippen molar-refractivity contribution in [2.45, 2.75) is 31.5 Å². The number of nitrogens with zero attached hydrogens (tertiary/aromatic N) is 3. The molecule has 0 radical (unpaired) electrons. The summed E-state index contributed by atoms with van der Waals surface area (Å²) < 4.78 is 2.31. The van der Waals surface area contributed by atoms with Crippen LogP contribution in [0, 0.1) is 0 Å². The summed E-state index contributed by atoms with van der Waals surface area (Å²) in [6.45, 7) is 3.07. The van der Waals surface area contributed by atoms with E-state index in [1.807, 2.05) is 18.2 Å². The predicted octanol–water partition coefficient (Wildman–Crippen LogP) is 2.12. The van der Waals surface area contributed by atoms with Crippen molar-refractivity contribution in [3.63, 3.8) is 0 Å². The van der Waals surface area contributed by atoms with Crippen molar-refractivity contribution in [2.24, 2.45) is 0 Å². The van der Waals surface area contributed by atoms with Crippen LogP contribution in [0.15, 0.2) is 24.3 Å². The van der Waals surface area contributed by atoms with E-state index in [9.17, 15) is 0 Å². The highest BCUT2D eigenvalue weighted by molar-refractivity contribution is 5.76. The second kappa shape index (κ2) is 2.89. The van der Waals surface area contributed by atoms with Crippen LogP contribution in [0.25, 0.3) is 11.0 Å². The van der Waals surface area contributed by atoms with Gasteiger partial charge in [0.2, 0.25) is 0 Å². The third kappa shape index (κ3) is 1.17. The molecule has 0 aliphatic carbocycles. The first-order valence-corrected chi connectivity index (χ1v) is 6.03. The Bertz CT molecular complexity index is 606. The summed E-state index contributed by atoms with van der Waals surface area (Å²) in [5, 5.41) is 1.96. The minimum absolute atomic E-state index is 0.0735. The molecule has 0 N–H and O–H groups in total. The number of aromatic nitrogens is 2. The zero-order valence-electron chi connectivity index (χ0n) is 10.1. The molecule has 0 spiro atoms. The molecule has 2 aliphatic heterocycles. The van der Waals surface area contributed by atoms with Crippen molar-refractivity contribution in [1.29, 1.82) is 0 Å². The summed E-state index contributed by atoms with van der Waals surface area (Å²) in [4.78, 5) is 10.7. The summed E-state index contributed by atoms with van der Waals surface area (Å²) in [5.41, 5.74) is 2.24. The van der Waals surface area contributed by atoms with E-state index in [1.54, 1.807) is 0 Å². The van der Waals surface area contributed by atoms with E-state index in [1.165, 1.54) is 5.52 Å². The molecule has 3 heterocycles. The number of hydrogen-bond donors (Lipinski definition) is 0. The number of benzene rings is 1. The molecule has 1 aromatic heterocycles. The molecule has 2 bridgehead atoms. The van der Waals surface area contributed by atoms with E-state index in [2.05, 4.69) is 29.7 Å². The smallest absolute Gasteiger partial charge is 0.129 e. The number of para-hydroxylation sites is 2. The van der Waals surface area contributed by atoms with E-state index < -0.39 is 0 Å². The molecule has 4 heteroatoms. The molecule has 17 heavy (non-hydrogen) atoms. The van der Waals surface area contributed by atoms with Crippen molar-refractivity contribution in [1.82, 2.24) is 14.6 Å². The van der Waals surface area contributed by atoms with Crippen LogP contribution >= 0.6 is 0 Å². The molecular formula is C13H15N3O. The third-order valence-electron chi connectivity index (χ3n) is 3.90. The maximum Gasteiger partial charge on any atom is 0.129 e. The zero-order valence-corrected chi connectivity index (χ0v) is 10.1. The summed E-state index contributed by atoms with van der Waals surface area (Å²) >= 11 is 0. The molecule has 1 aromatic carbocycles. The van der Waals surface area contributed by atoms with Crippen molar-refractivity contribution >= 4 is 11.0 Å². The lowest BCUT2D eigenvalue weighted by Gasteiger charge is -2.26. The van der Waals surface area contributed by atoms with Crippen LogP contribution in [-0.4, -0.2) is 27.3 Å². The summed E-state index contributed by atoms with van der Waals surface area (Å²) in [5.74, 6) is 1.14. The SMILES string of the molecule is CN1O[C@@]2(C)C[C@@H]1c1nc3ccccc3n1C2. The van der Waals surface area contributed by atoms with Crippen molar-refractivity contribution in [2.75, 3.05) is 7.05 Å². The average molecular weight is 229 g/mol. The fraction of sp³-hybridized carbons (Fsp3) is 0.462. The van der Waals surface area contributed by atoms with Crippen LogP contribution in [0.2, 0.25) is 0 Å². The van der Waals surface area contributed by atoms with Crippen LogP contribution in [0.3, 0.4) is 0 Å². The van der Waals surface area contributed by atoms with Crippen molar-refractivity contribution in [3.05, 3.63) is 30.1 Å². The molecule has 88 valence electrons. The first kappa shape index (κ1) is 9.62. The highest BCUT2D eigenvalue weighted by Gasteiger charge is 2.48. The largest absolute Gasteiger partial charge is 0.324 e. The Morgan fingerprint density at radius 1 is 1.41 bits per heavy atom. The monoisotopic (exact) mass is 229 g/mol. The quantitative estimate of drug-likeness (QED) is 0.693. The Hall–Kier alpha value is -1.39. The van der Waals surface area contributed by atoms with Crippen LogP contribution in [0.1, 0.15) is 25.2 Å². The third-order valence-corrected chi connectivity index (χ3v) is 3.90. The number of hydroxylamine groups is 2. The Morgan fingerprint density at radius 3 is 3.12 bits per heavy atom. The van der Waals surface area contributed by atoms with Gasteiger partial charge in [-0.3, -0.25) is 4.84 Å². The molecule has 2 aliphatic rings. The minimum atomic E-state index is -0.0735. The number of fused-ring (bicyclic) bond motifs is 6. The van der Waals surface area contributed by atoms with Crippen LogP contribution in [-0.2, 0) is 11.4 Å². The van der Waals surface area contributed by atoms with Gasteiger partial charge in [-0.05, 0) is 19.1 Å². The first-order chi connectivity index (χ1) is 8.16. The van der Waals surface area contributed by atoms with Crippen molar-refractivity contribution < 1.29 is 4.84 Å². The normalized spacial score (nSPS) is 32.0. The fourth-order valence-electron chi connectivity index (χ4n) is 3.18. The number of rotatable bonds is 0. The van der Waals surface area contributed by atoms with E-state index in [0.29, 0.717) is 6.04 Å². The van der Waals surface area contributed by atoms with E-state index in [0.717, 1.165) is 24.3 Å². The lowest BCUT2D eigenvalue weighted by Crippen LogP contribution is -2.33. The standard InChI is InChI=1S/C13H15N3O/c1-13-7-11(15(2)17-13)12-14-9-5-3-4-6-10(9)16(12)8-13/h3-6,11H,7-8H2,1-2H3/t11-,13+/m1/s1. The van der Waals surface area contributed by atoms with Gasteiger partial charge in [-0.1, -0.05) is 12.1 Å². The highest BCUT2D eigenvalue weighted by Crippen LogP contribution is 2.45. The molecule has 4 rings (SSSR count). The van der Waals surface area contributed by atoms with Crippen LogP contribution in [0.5, 0.6) is 0 Å². The first-order valence-electron chi connectivity index (χ1n) is 6.03. The van der Waals surface area contributed by atoms with Gasteiger partial charge in [-0.15, -0.1) is 0 Å². The zero-order chi connectivity index (χ0) is 11.6. The highest BCUT2D eigenvalue weighted by atomic mass is 16.7.